The van der Waals surface area contributed by atoms with Gasteiger partial charge in [0.1, 0.15) is 11.4 Å². The molecule has 0 saturated heterocycles. The van der Waals surface area contributed by atoms with E-state index in [2.05, 4.69) is 5.32 Å². The molecule has 1 heterocycles. The first-order chi connectivity index (χ1) is 15.8. The summed E-state index contributed by atoms with van der Waals surface area (Å²) >= 11 is 6.28. The van der Waals surface area contributed by atoms with E-state index in [0.717, 1.165) is 11.1 Å². The van der Waals surface area contributed by atoms with Gasteiger partial charge in [0.05, 0.1) is 18.2 Å². The Balaban J connectivity index is 1.74. The number of carbonyl (C=O) groups excluding carboxylic acids is 2. The van der Waals surface area contributed by atoms with Crippen molar-refractivity contribution in [2.24, 2.45) is 0 Å². The number of benzene rings is 3. The molecule has 0 unspecified atom stereocenters. The van der Waals surface area contributed by atoms with Gasteiger partial charge in [-0.05, 0) is 61.7 Å². The van der Waals surface area contributed by atoms with E-state index in [4.69, 9.17) is 16.3 Å². The van der Waals surface area contributed by atoms with Gasteiger partial charge < -0.3 is 10.1 Å². The summed E-state index contributed by atoms with van der Waals surface area (Å²) < 4.78 is 5.72. The van der Waals surface area contributed by atoms with Gasteiger partial charge in [0.15, 0.2) is 0 Å². The third-order valence-electron chi connectivity index (χ3n) is 5.39. The van der Waals surface area contributed by atoms with Crippen molar-refractivity contribution in [1.82, 2.24) is 4.90 Å². The number of ether oxygens (including phenoxy) is 1. The molecule has 0 saturated carbocycles. The predicted octanol–water partition coefficient (Wildman–Crippen LogP) is 5.83. The zero-order valence-corrected chi connectivity index (χ0v) is 19.5. The Labute approximate surface area is 198 Å². The highest BCUT2D eigenvalue weighted by molar-refractivity contribution is 6.36. The van der Waals surface area contributed by atoms with E-state index in [-0.39, 0.29) is 30.2 Å². The Morgan fingerprint density at radius 3 is 2.27 bits per heavy atom. The maximum absolute atomic E-state index is 13.5. The monoisotopic (exact) mass is 460 g/mol. The van der Waals surface area contributed by atoms with Crippen molar-refractivity contribution in [1.29, 1.82) is 0 Å². The van der Waals surface area contributed by atoms with E-state index in [1.807, 2.05) is 69.3 Å². The topological polar surface area (TPSA) is 58.6 Å². The van der Waals surface area contributed by atoms with Gasteiger partial charge in [0.25, 0.3) is 11.8 Å². The zero-order chi connectivity index (χ0) is 23.5. The molecule has 0 bridgehead atoms. The molecule has 6 heteroatoms. The summed E-state index contributed by atoms with van der Waals surface area (Å²) in [6, 6.07) is 22.1. The molecular weight excluding hydrogens is 436 g/mol. The Morgan fingerprint density at radius 2 is 1.61 bits per heavy atom. The maximum Gasteiger partial charge on any atom is 0.278 e. The summed E-state index contributed by atoms with van der Waals surface area (Å²) in [5.41, 5.74) is 3.55. The SMILES string of the molecule is Cc1c(Cl)cccc1NC1=C(c2ccc(OC(C)C)cc2)C(=O)N(Cc2ccccc2)C1=O. The smallest absolute Gasteiger partial charge is 0.278 e. The highest BCUT2D eigenvalue weighted by Crippen LogP contribution is 2.34. The van der Waals surface area contributed by atoms with Gasteiger partial charge in [-0.3, -0.25) is 14.5 Å². The molecule has 3 aromatic rings. The quantitative estimate of drug-likeness (QED) is 0.451. The van der Waals surface area contributed by atoms with Gasteiger partial charge in [0, 0.05) is 10.7 Å². The van der Waals surface area contributed by atoms with Gasteiger partial charge >= 0.3 is 0 Å². The lowest BCUT2D eigenvalue weighted by molar-refractivity contribution is -0.137. The molecule has 0 aromatic heterocycles. The van der Waals surface area contributed by atoms with Crippen LogP contribution in [-0.2, 0) is 16.1 Å². The minimum absolute atomic E-state index is 0.0363. The van der Waals surface area contributed by atoms with Crippen LogP contribution >= 0.6 is 11.6 Å². The van der Waals surface area contributed by atoms with Crippen molar-refractivity contribution in [3.8, 4) is 5.75 Å². The van der Waals surface area contributed by atoms with Gasteiger partial charge in [0.2, 0.25) is 0 Å². The van der Waals surface area contributed by atoms with Crippen LogP contribution in [0.15, 0.2) is 78.5 Å². The second kappa shape index (κ2) is 9.51. The fourth-order valence-corrected chi connectivity index (χ4v) is 3.89. The second-order valence-electron chi connectivity index (χ2n) is 8.16. The number of carbonyl (C=O) groups is 2. The average molecular weight is 461 g/mol. The second-order valence-corrected chi connectivity index (χ2v) is 8.57. The van der Waals surface area contributed by atoms with E-state index in [9.17, 15) is 9.59 Å². The number of hydrogen-bond acceptors (Lipinski definition) is 4. The molecule has 4 rings (SSSR count). The van der Waals surface area contributed by atoms with E-state index >= 15 is 0 Å². The summed E-state index contributed by atoms with van der Waals surface area (Å²) in [5, 5.41) is 3.77. The largest absolute Gasteiger partial charge is 0.491 e. The maximum atomic E-state index is 13.5. The first-order valence-corrected chi connectivity index (χ1v) is 11.2. The fourth-order valence-electron chi connectivity index (χ4n) is 3.72. The van der Waals surface area contributed by atoms with Crippen LogP contribution in [0.2, 0.25) is 5.02 Å². The highest BCUT2D eigenvalue weighted by atomic mass is 35.5. The lowest BCUT2D eigenvalue weighted by Crippen LogP contribution is -2.32. The van der Waals surface area contributed by atoms with Gasteiger partial charge in [-0.1, -0.05) is 60.1 Å². The molecule has 2 amide bonds. The van der Waals surface area contributed by atoms with Gasteiger partial charge in [-0.15, -0.1) is 0 Å². The standard InChI is InChI=1S/C27H25ClN2O3/c1-17(2)33-21-14-12-20(13-15-21)24-25(29-23-11-7-10-22(28)18(23)3)27(32)30(26(24)31)16-19-8-5-4-6-9-19/h4-15,17,29H,16H2,1-3H3. The molecular formula is C27H25ClN2O3. The molecule has 5 nitrogen and oxygen atoms in total. The van der Waals surface area contributed by atoms with Crippen LogP contribution in [0.3, 0.4) is 0 Å². The number of amides is 2. The average Bonchev–Trinajstić information content (AvgIpc) is 3.02. The van der Waals surface area contributed by atoms with E-state index in [0.29, 0.717) is 27.6 Å². The van der Waals surface area contributed by atoms with E-state index in [1.54, 1.807) is 24.3 Å². The van der Waals surface area contributed by atoms with Crippen molar-refractivity contribution in [3.63, 3.8) is 0 Å². The van der Waals surface area contributed by atoms with Gasteiger partial charge in [-0.25, -0.2) is 0 Å². The van der Waals surface area contributed by atoms with Crippen LogP contribution in [-0.4, -0.2) is 22.8 Å². The summed E-state index contributed by atoms with van der Waals surface area (Å²) in [6.45, 7) is 5.96. The molecule has 168 valence electrons. The Morgan fingerprint density at radius 1 is 0.909 bits per heavy atom. The summed E-state index contributed by atoms with van der Waals surface area (Å²) in [7, 11) is 0. The minimum atomic E-state index is -0.374. The summed E-state index contributed by atoms with van der Waals surface area (Å²) in [6.07, 6.45) is 0.0363. The number of rotatable bonds is 7. The minimum Gasteiger partial charge on any atom is -0.491 e. The highest BCUT2D eigenvalue weighted by Gasteiger charge is 2.39. The number of nitrogens with one attached hydrogen (secondary N) is 1. The first-order valence-electron chi connectivity index (χ1n) is 10.8. The third kappa shape index (κ3) is 4.78. The molecule has 1 aliphatic heterocycles. The Hall–Kier alpha value is -3.57. The number of nitrogens with zero attached hydrogens (tertiary/aromatic N) is 1. The number of hydrogen-bond donors (Lipinski definition) is 1. The first kappa shape index (κ1) is 22.6. The van der Waals surface area contributed by atoms with Crippen molar-refractivity contribution in [3.05, 3.63) is 100 Å². The molecule has 33 heavy (non-hydrogen) atoms. The number of anilines is 1. The number of halogens is 1. The molecule has 0 radical (unpaired) electrons. The van der Waals surface area contributed by atoms with Crippen molar-refractivity contribution in [2.45, 2.75) is 33.4 Å². The Kier molecular flexibility index (Phi) is 6.52. The lowest BCUT2D eigenvalue weighted by Gasteiger charge is -2.16. The molecule has 0 aliphatic carbocycles. The van der Waals surface area contributed by atoms with Crippen LogP contribution < -0.4 is 10.1 Å². The third-order valence-corrected chi connectivity index (χ3v) is 5.80. The van der Waals surface area contributed by atoms with Crippen LogP contribution in [0.4, 0.5) is 5.69 Å². The molecule has 0 spiro atoms. The van der Waals surface area contributed by atoms with E-state index < -0.39 is 0 Å². The van der Waals surface area contributed by atoms with E-state index in [1.165, 1.54) is 4.90 Å². The van der Waals surface area contributed by atoms with Crippen LogP contribution in [0.1, 0.15) is 30.5 Å². The summed E-state index contributed by atoms with van der Waals surface area (Å²) in [5.74, 6) is -0.0169. The van der Waals surface area contributed by atoms with Gasteiger partial charge in [-0.2, -0.15) is 0 Å². The van der Waals surface area contributed by atoms with Crippen LogP contribution in [0.5, 0.6) is 5.75 Å². The zero-order valence-electron chi connectivity index (χ0n) is 18.8. The normalized spacial score (nSPS) is 13.8. The molecule has 0 atom stereocenters. The summed E-state index contributed by atoms with van der Waals surface area (Å²) in [4.78, 5) is 28.2. The molecule has 1 N–H and O–H groups in total. The van der Waals surface area contributed by atoms with Crippen molar-refractivity contribution < 1.29 is 14.3 Å². The molecule has 0 fully saturated rings. The number of imide groups is 1. The molecule has 1 aliphatic rings. The fraction of sp³-hybridized carbons (Fsp3) is 0.185. The van der Waals surface area contributed by atoms with Crippen LogP contribution in [0, 0.1) is 6.92 Å². The molecule has 3 aromatic carbocycles. The van der Waals surface area contributed by atoms with Crippen molar-refractivity contribution in [2.75, 3.05) is 5.32 Å². The Bertz CT molecular complexity index is 1220. The lowest BCUT2D eigenvalue weighted by atomic mass is 10.0. The van der Waals surface area contributed by atoms with Crippen LogP contribution in [0.25, 0.3) is 5.57 Å². The predicted molar refractivity (Wildman–Crippen MR) is 131 cm³/mol. The van der Waals surface area contributed by atoms with Crippen molar-refractivity contribution >= 4 is 34.7 Å².